The van der Waals surface area contributed by atoms with Crippen molar-refractivity contribution in [1.29, 1.82) is 0 Å². The van der Waals surface area contributed by atoms with Crippen molar-refractivity contribution in [3.63, 3.8) is 0 Å². The number of nitrogens with zero attached hydrogens (tertiary/aromatic N) is 3. The number of ether oxygens (including phenoxy) is 1. The van der Waals surface area contributed by atoms with Gasteiger partial charge in [-0.2, -0.15) is 5.10 Å². The van der Waals surface area contributed by atoms with E-state index in [1.54, 1.807) is 60.1 Å². The number of amides is 1. The molecule has 0 fully saturated rings. The van der Waals surface area contributed by atoms with E-state index < -0.39 is 5.91 Å². The third-order valence-electron chi connectivity index (χ3n) is 4.99. The van der Waals surface area contributed by atoms with E-state index in [0.717, 1.165) is 11.3 Å². The summed E-state index contributed by atoms with van der Waals surface area (Å²) in [4.78, 5) is 12.9. The van der Waals surface area contributed by atoms with E-state index in [4.69, 9.17) is 44.1 Å². The first-order valence-electron chi connectivity index (χ1n) is 9.94. The monoisotopic (exact) mass is 504 g/mol. The lowest BCUT2D eigenvalue weighted by Gasteiger charge is -2.08. The van der Waals surface area contributed by atoms with E-state index in [9.17, 15) is 4.79 Å². The van der Waals surface area contributed by atoms with Crippen molar-refractivity contribution >= 4 is 46.5 Å². The largest absolute Gasteiger partial charge is 0.489 e. The third-order valence-corrected chi connectivity index (χ3v) is 5.95. The Balaban J connectivity index is 1.48. The number of anilines is 1. The molecule has 33 heavy (non-hydrogen) atoms. The SMILES string of the molecule is Cc1onc(C(=O)Nc2cc(C)n(Cc3c(Cl)cccc3Cl)n2)c1COc1ccc(Cl)cc1. The fraction of sp³-hybridized carbons (Fsp3) is 0.174. The van der Waals surface area contributed by atoms with Crippen LogP contribution in [0.5, 0.6) is 5.75 Å². The lowest BCUT2D eigenvalue weighted by Crippen LogP contribution is -2.16. The average Bonchev–Trinajstić information content (AvgIpc) is 3.32. The van der Waals surface area contributed by atoms with E-state index in [0.29, 0.717) is 44.5 Å². The predicted octanol–water partition coefficient (Wildman–Crippen LogP) is 6.33. The van der Waals surface area contributed by atoms with Crippen molar-refractivity contribution in [1.82, 2.24) is 14.9 Å². The van der Waals surface area contributed by atoms with Crippen LogP contribution in [0.1, 0.15) is 33.1 Å². The summed E-state index contributed by atoms with van der Waals surface area (Å²) in [6.45, 7) is 4.07. The summed E-state index contributed by atoms with van der Waals surface area (Å²) in [6, 6.07) is 14.0. The molecule has 4 aromatic rings. The molecule has 4 rings (SSSR count). The topological polar surface area (TPSA) is 82.2 Å². The highest BCUT2D eigenvalue weighted by Gasteiger charge is 2.22. The molecule has 0 aliphatic heterocycles. The lowest BCUT2D eigenvalue weighted by molar-refractivity contribution is 0.101. The van der Waals surface area contributed by atoms with Gasteiger partial charge in [-0.1, -0.05) is 46.0 Å². The van der Waals surface area contributed by atoms with Crippen LogP contribution in [-0.2, 0) is 13.2 Å². The molecule has 0 saturated carbocycles. The number of nitrogens with one attached hydrogen (secondary N) is 1. The Labute approximate surface area is 205 Å². The van der Waals surface area contributed by atoms with Crippen LogP contribution in [0, 0.1) is 13.8 Å². The van der Waals surface area contributed by atoms with Crippen LogP contribution in [0.25, 0.3) is 0 Å². The Morgan fingerprint density at radius 1 is 1.06 bits per heavy atom. The molecule has 7 nitrogen and oxygen atoms in total. The molecule has 0 bridgehead atoms. The maximum absolute atomic E-state index is 12.9. The molecule has 1 amide bonds. The van der Waals surface area contributed by atoms with E-state index in [-0.39, 0.29) is 12.3 Å². The Bertz CT molecular complexity index is 1280. The zero-order chi connectivity index (χ0) is 23.5. The normalized spacial score (nSPS) is 10.9. The second-order valence-corrected chi connectivity index (χ2v) is 8.54. The number of carbonyl (C=O) groups is 1. The van der Waals surface area contributed by atoms with Crippen LogP contribution in [-0.4, -0.2) is 20.8 Å². The molecular weight excluding hydrogens is 487 g/mol. The first-order chi connectivity index (χ1) is 15.8. The summed E-state index contributed by atoms with van der Waals surface area (Å²) in [7, 11) is 0. The molecule has 0 saturated heterocycles. The smallest absolute Gasteiger partial charge is 0.279 e. The van der Waals surface area contributed by atoms with Gasteiger partial charge in [-0.15, -0.1) is 0 Å². The maximum atomic E-state index is 12.9. The first kappa shape index (κ1) is 23.2. The summed E-state index contributed by atoms with van der Waals surface area (Å²) in [5.41, 5.74) is 2.24. The summed E-state index contributed by atoms with van der Waals surface area (Å²) < 4.78 is 12.7. The van der Waals surface area contributed by atoms with Gasteiger partial charge < -0.3 is 14.6 Å². The minimum atomic E-state index is -0.456. The summed E-state index contributed by atoms with van der Waals surface area (Å²) in [6.07, 6.45) is 0. The van der Waals surface area contributed by atoms with Crippen molar-refractivity contribution in [3.8, 4) is 5.75 Å². The standard InChI is InChI=1S/C23H19Cl3N4O3/c1-13-10-21(28-30(13)11-17-19(25)4-3-5-20(17)26)27-23(31)22-18(14(2)33-29-22)12-32-16-8-6-15(24)7-9-16/h3-10H,11-12H2,1-2H3,(H,27,28,31). The number of halogens is 3. The summed E-state index contributed by atoms with van der Waals surface area (Å²) in [5.74, 6) is 1.01. The zero-order valence-electron chi connectivity index (χ0n) is 17.7. The van der Waals surface area contributed by atoms with Gasteiger partial charge in [0.2, 0.25) is 0 Å². The molecule has 0 spiro atoms. The zero-order valence-corrected chi connectivity index (χ0v) is 20.0. The molecule has 2 aromatic carbocycles. The lowest BCUT2D eigenvalue weighted by atomic mass is 10.2. The Morgan fingerprint density at radius 2 is 1.76 bits per heavy atom. The van der Waals surface area contributed by atoms with Crippen LogP contribution in [0.3, 0.4) is 0 Å². The van der Waals surface area contributed by atoms with Crippen molar-refractivity contribution < 1.29 is 14.1 Å². The quantitative estimate of drug-likeness (QED) is 0.317. The second-order valence-electron chi connectivity index (χ2n) is 7.29. The van der Waals surface area contributed by atoms with Gasteiger partial charge in [0.05, 0.1) is 12.1 Å². The van der Waals surface area contributed by atoms with Crippen molar-refractivity contribution in [2.24, 2.45) is 0 Å². The molecule has 10 heteroatoms. The number of benzene rings is 2. The molecule has 2 aromatic heterocycles. The predicted molar refractivity (Wildman–Crippen MR) is 128 cm³/mol. The van der Waals surface area contributed by atoms with Gasteiger partial charge in [0.15, 0.2) is 11.5 Å². The fourth-order valence-corrected chi connectivity index (χ4v) is 3.81. The van der Waals surface area contributed by atoms with E-state index in [1.807, 2.05) is 6.92 Å². The molecule has 1 N–H and O–H groups in total. The Hall–Kier alpha value is -3.00. The molecule has 0 radical (unpaired) electrons. The molecule has 2 heterocycles. The number of hydrogen-bond acceptors (Lipinski definition) is 5. The van der Waals surface area contributed by atoms with E-state index in [1.165, 1.54) is 0 Å². The van der Waals surface area contributed by atoms with Gasteiger partial charge in [-0.3, -0.25) is 9.48 Å². The van der Waals surface area contributed by atoms with Gasteiger partial charge in [-0.25, -0.2) is 0 Å². The highest BCUT2D eigenvalue weighted by Crippen LogP contribution is 2.26. The molecule has 0 atom stereocenters. The van der Waals surface area contributed by atoms with Crippen LogP contribution < -0.4 is 10.1 Å². The second kappa shape index (κ2) is 9.87. The van der Waals surface area contributed by atoms with E-state index in [2.05, 4.69) is 15.6 Å². The summed E-state index contributed by atoms with van der Waals surface area (Å²) in [5, 5.41) is 12.8. The van der Waals surface area contributed by atoms with Crippen molar-refractivity contribution in [3.05, 3.63) is 91.9 Å². The first-order valence-corrected chi connectivity index (χ1v) is 11.1. The number of aromatic nitrogens is 3. The highest BCUT2D eigenvalue weighted by atomic mass is 35.5. The number of aryl methyl sites for hydroxylation is 2. The third kappa shape index (κ3) is 5.33. The van der Waals surface area contributed by atoms with Crippen LogP contribution >= 0.6 is 34.8 Å². The Kier molecular flexibility index (Phi) is 6.93. The van der Waals surface area contributed by atoms with Gasteiger partial charge in [0.25, 0.3) is 5.91 Å². The molecule has 0 aliphatic rings. The van der Waals surface area contributed by atoms with Gasteiger partial charge in [0.1, 0.15) is 18.1 Å². The Morgan fingerprint density at radius 3 is 2.45 bits per heavy atom. The highest BCUT2D eigenvalue weighted by molar-refractivity contribution is 6.36. The molecule has 170 valence electrons. The average molecular weight is 506 g/mol. The molecule has 0 aliphatic carbocycles. The summed E-state index contributed by atoms with van der Waals surface area (Å²) >= 11 is 18.4. The molecular formula is C23H19Cl3N4O3. The molecule has 0 unspecified atom stereocenters. The fourth-order valence-electron chi connectivity index (χ4n) is 3.17. The van der Waals surface area contributed by atoms with Crippen molar-refractivity contribution in [2.75, 3.05) is 5.32 Å². The van der Waals surface area contributed by atoms with Gasteiger partial charge in [0, 0.05) is 32.4 Å². The van der Waals surface area contributed by atoms with Crippen LogP contribution in [0.4, 0.5) is 5.82 Å². The number of carbonyl (C=O) groups excluding carboxylic acids is 1. The van der Waals surface area contributed by atoms with Gasteiger partial charge in [-0.05, 0) is 50.2 Å². The minimum Gasteiger partial charge on any atom is -0.489 e. The minimum absolute atomic E-state index is 0.109. The van der Waals surface area contributed by atoms with Gasteiger partial charge >= 0.3 is 0 Å². The van der Waals surface area contributed by atoms with Crippen LogP contribution in [0.15, 0.2) is 53.1 Å². The van der Waals surface area contributed by atoms with Crippen molar-refractivity contribution in [2.45, 2.75) is 27.0 Å². The maximum Gasteiger partial charge on any atom is 0.279 e. The van der Waals surface area contributed by atoms with Crippen LogP contribution in [0.2, 0.25) is 15.1 Å². The number of rotatable bonds is 7. The number of hydrogen-bond donors (Lipinski definition) is 1. The van der Waals surface area contributed by atoms with E-state index >= 15 is 0 Å².